The number of nitrogens with zero attached hydrogens (tertiary/aromatic N) is 4. The van der Waals surface area contributed by atoms with Gasteiger partial charge in [0.2, 0.25) is 5.91 Å². The molecule has 0 bridgehead atoms. The van der Waals surface area contributed by atoms with Crippen LogP contribution in [0.3, 0.4) is 0 Å². The Morgan fingerprint density at radius 1 is 1.12 bits per heavy atom. The molecule has 1 amide bonds. The van der Waals surface area contributed by atoms with Crippen LogP contribution in [0.5, 0.6) is 0 Å². The number of benzene rings is 1. The number of para-hydroxylation sites is 1. The van der Waals surface area contributed by atoms with Crippen molar-refractivity contribution in [2.24, 2.45) is 12.5 Å². The van der Waals surface area contributed by atoms with Crippen molar-refractivity contribution >= 4 is 11.6 Å². The van der Waals surface area contributed by atoms with Crippen LogP contribution in [0.4, 0.5) is 5.69 Å². The molecule has 4 rings (SSSR count). The summed E-state index contributed by atoms with van der Waals surface area (Å²) in [5.74, 6) is 0.322. The Balaban J connectivity index is 1.53. The van der Waals surface area contributed by atoms with Gasteiger partial charge in [-0.25, -0.2) is 0 Å². The van der Waals surface area contributed by atoms with E-state index in [0.717, 1.165) is 57.5 Å². The summed E-state index contributed by atoms with van der Waals surface area (Å²) in [6, 6.07) is 10.1. The zero-order valence-corrected chi connectivity index (χ0v) is 15.8. The summed E-state index contributed by atoms with van der Waals surface area (Å²) in [6.45, 7) is 5.77. The van der Waals surface area contributed by atoms with Crippen LogP contribution in [0.2, 0.25) is 0 Å². The van der Waals surface area contributed by atoms with E-state index in [1.165, 1.54) is 11.3 Å². The first-order chi connectivity index (χ1) is 12.6. The van der Waals surface area contributed by atoms with E-state index >= 15 is 0 Å². The van der Waals surface area contributed by atoms with Gasteiger partial charge in [0.25, 0.3) is 0 Å². The minimum atomic E-state index is -0.220. The molecular formula is C21H28N4O. The van der Waals surface area contributed by atoms with Crippen LogP contribution in [0.15, 0.2) is 36.5 Å². The third kappa shape index (κ3) is 3.05. The van der Waals surface area contributed by atoms with E-state index in [2.05, 4.69) is 29.1 Å². The van der Waals surface area contributed by atoms with Crippen molar-refractivity contribution in [3.05, 3.63) is 47.8 Å². The molecule has 1 atom stereocenters. The van der Waals surface area contributed by atoms with Crippen LogP contribution in [0.25, 0.3) is 0 Å². The van der Waals surface area contributed by atoms with Crippen molar-refractivity contribution in [3.63, 3.8) is 0 Å². The molecule has 0 N–H and O–H groups in total. The molecule has 0 saturated carbocycles. The molecule has 3 heterocycles. The normalized spacial score (nSPS) is 24.4. The van der Waals surface area contributed by atoms with Crippen LogP contribution in [0.1, 0.15) is 36.9 Å². The van der Waals surface area contributed by atoms with Crippen molar-refractivity contribution in [3.8, 4) is 0 Å². The summed E-state index contributed by atoms with van der Waals surface area (Å²) < 4.78 is 1.93. The highest BCUT2D eigenvalue weighted by Gasteiger charge is 2.46. The van der Waals surface area contributed by atoms with Crippen molar-refractivity contribution < 1.29 is 4.79 Å². The lowest BCUT2D eigenvalue weighted by Gasteiger charge is -2.47. The molecule has 2 aliphatic rings. The van der Waals surface area contributed by atoms with E-state index in [1.54, 1.807) is 0 Å². The SMILES string of the molecule is Cc1c(CN2CCCC3(CCCN(c4ccccc4)C3=O)C2)cnn1C. The minimum Gasteiger partial charge on any atom is -0.312 e. The maximum atomic E-state index is 13.5. The summed E-state index contributed by atoms with van der Waals surface area (Å²) in [6.07, 6.45) is 6.17. The number of likely N-dealkylation sites (tertiary alicyclic amines) is 1. The van der Waals surface area contributed by atoms with Gasteiger partial charge in [-0.3, -0.25) is 14.4 Å². The average Bonchev–Trinajstić information content (AvgIpc) is 2.97. The van der Waals surface area contributed by atoms with E-state index < -0.39 is 0 Å². The summed E-state index contributed by atoms with van der Waals surface area (Å²) in [5.41, 5.74) is 3.30. The van der Waals surface area contributed by atoms with Gasteiger partial charge < -0.3 is 4.90 Å². The van der Waals surface area contributed by atoms with Gasteiger partial charge in [-0.15, -0.1) is 0 Å². The molecule has 1 aromatic heterocycles. The van der Waals surface area contributed by atoms with Crippen LogP contribution in [0, 0.1) is 12.3 Å². The predicted molar refractivity (Wildman–Crippen MR) is 103 cm³/mol. The Kier molecular flexibility index (Phi) is 4.57. The number of rotatable bonds is 3. The highest BCUT2D eigenvalue weighted by molar-refractivity contribution is 5.98. The molecular weight excluding hydrogens is 324 g/mol. The Bertz CT molecular complexity index is 781. The Hall–Kier alpha value is -2.14. The lowest BCUT2D eigenvalue weighted by atomic mass is 9.72. The Labute approximate surface area is 155 Å². The number of amides is 1. The first-order valence-electron chi connectivity index (χ1n) is 9.66. The number of carbonyl (C=O) groups excluding carboxylic acids is 1. The van der Waals surface area contributed by atoms with Gasteiger partial charge in [-0.1, -0.05) is 18.2 Å². The molecule has 2 aromatic rings. The summed E-state index contributed by atoms with van der Waals surface area (Å²) >= 11 is 0. The second-order valence-corrected chi connectivity index (χ2v) is 7.87. The summed E-state index contributed by atoms with van der Waals surface area (Å²) in [4.78, 5) is 17.9. The van der Waals surface area contributed by atoms with Crippen LogP contribution < -0.4 is 4.90 Å². The van der Waals surface area contributed by atoms with Crippen LogP contribution >= 0.6 is 0 Å². The maximum Gasteiger partial charge on any atom is 0.234 e. The highest BCUT2D eigenvalue weighted by atomic mass is 16.2. The van der Waals surface area contributed by atoms with Gasteiger partial charge in [0, 0.05) is 43.6 Å². The number of aryl methyl sites for hydroxylation is 1. The van der Waals surface area contributed by atoms with Gasteiger partial charge in [-0.2, -0.15) is 5.10 Å². The Morgan fingerprint density at radius 3 is 2.54 bits per heavy atom. The van der Waals surface area contributed by atoms with E-state index in [9.17, 15) is 4.79 Å². The molecule has 5 nitrogen and oxygen atoms in total. The summed E-state index contributed by atoms with van der Waals surface area (Å²) in [5, 5.41) is 4.37. The van der Waals surface area contributed by atoms with Crippen molar-refractivity contribution in [1.29, 1.82) is 0 Å². The first kappa shape index (κ1) is 17.3. The molecule has 1 unspecified atom stereocenters. The fourth-order valence-electron chi connectivity index (χ4n) is 4.61. The topological polar surface area (TPSA) is 41.4 Å². The lowest BCUT2D eigenvalue weighted by molar-refractivity contribution is -0.134. The second-order valence-electron chi connectivity index (χ2n) is 7.87. The quantitative estimate of drug-likeness (QED) is 0.852. The van der Waals surface area contributed by atoms with Gasteiger partial charge in [-0.05, 0) is 51.3 Å². The number of anilines is 1. The molecule has 1 spiro atoms. The number of piperidine rings is 2. The minimum absolute atomic E-state index is 0.220. The fraction of sp³-hybridized carbons (Fsp3) is 0.524. The predicted octanol–water partition coefficient (Wildman–Crippen LogP) is 3.14. The smallest absolute Gasteiger partial charge is 0.234 e. The maximum absolute atomic E-state index is 13.5. The van der Waals surface area contributed by atoms with Crippen molar-refractivity contribution in [2.45, 2.75) is 39.2 Å². The average molecular weight is 352 g/mol. The molecule has 5 heteroatoms. The number of carbonyl (C=O) groups is 1. The zero-order chi connectivity index (χ0) is 18.1. The summed E-state index contributed by atoms with van der Waals surface area (Å²) in [7, 11) is 1.99. The number of hydrogen-bond acceptors (Lipinski definition) is 3. The molecule has 2 fully saturated rings. The van der Waals surface area contributed by atoms with E-state index in [4.69, 9.17) is 0 Å². The van der Waals surface area contributed by atoms with Crippen LogP contribution in [-0.4, -0.2) is 40.2 Å². The zero-order valence-electron chi connectivity index (χ0n) is 15.8. The monoisotopic (exact) mass is 352 g/mol. The third-order valence-electron chi connectivity index (χ3n) is 6.19. The van der Waals surface area contributed by atoms with Crippen molar-refractivity contribution in [1.82, 2.24) is 14.7 Å². The van der Waals surface area contributed by atoms with Crippen LogP contribution in [-0.2, 0) is 18.4 Å². The Morgan fingerprint density at radius 2 is 1.85 bits per heavy atom. The third-order valence-corrected chi connectivity index (χ3v) is 6.19. The lowest BCUT2D eigenvalue weighted by Crippen LogP contribution is -2.56. The molecule has 26 heavy (non-hydrogen) atoms. The van der Waals surface area contributed by atoms with Gasteiger partial charge in [0.05, 0.1) is 11.6 Å². The second kappa shape index (κ2) is 6.88. The molecule has 2 saturated heterocycles. The number of hydrogen-bond donors (Lipinski definition) is 0. The number of aromatic nitrogens is 2. The van der Waals surface area contributed by atoms with Gasteiger partial charge in [0.1, 0.15) is 0 Å². The standard InChI is InChI=1S/C21H28N4O/c1-17-18(14-22-23(17)2)15-24-12-6-10-21(16-24)11-7-13-25(20(21)26)19-8-4-3-5-9-19/h3-5,8-9,14H,6-7,10-13,15-16H2,1-2H3. The largest absolute Gasteiger partial charge is 0.312 e. The highest BCUT2D eigenvalue weighted by Crippen LogP contribution is 2.41. The van der Waals surface area contributed by atoms with E-state index in [-0.39, 0.29) is 5.41 Å². The van der Waals surface area contributed by atoms with E-state index in [1.807, 2.05) is 41.0 Å². The molecule has 2 aliphatic heterocycles. The first-order valence-corrected chi connectivity index (χ1v) is 9.66. The fourth-order valence-corrected chi connectivity index (χ4v) is 4.61. The molecule has 0 radical (unpaired) electrons. The molecule has 0 aliphatic carbocycles. The van der Waals surface area contributed by atoms with Gasteiger partial charge >= 0.3 is 0 Å². The molecule has 1 aromatic carbocycles. The van der Waals surface area contributed by atoms with Crippen molar-refractivity contribution in [2.75, 3.05) is 24.5 Å². The molecule has 138 valence electrons. The van der Waals surface area contributed by atoms with Gasteiger partial charge in [0.15, 0.2) is 0 Å². The van der Waals surface area contributed by atoms with E-state index in [0.29, 0.717) is 5.91 Å².